The zero-order valence-corrected chi connectivity index (χ0v) is 14.3. The lowest BCUT2D eigenvalue weighted by Gasteiger charge is -2.42. The van der Waals surface area contributed by atoms with E-state index in [1.54, 1.807) is 0 Å². The van der Waals surface area contributed by atoms with E-state index in [9.17, 15) is 0 Å². The van der Waals surface area contributed by atoms with Crippen LogP contribution in [-0.2, 0) is 0 Å². The summed E-state index contributed by atoms with van der Waals surface area (Å²) in [5, 5.41) is 7.89. The third kappa shape index (κ3) is 3.59. The normalized spacial score (nSPS) is 18.3. The summed E-state index contributed by atoms with van der Waals surface area (Å²) in [7, 11) is 2.39. The molecule has 23 heavy (non-hydrogen) atoms. The van der Waals surface area contributed by atoms with Gasteiger partial charge in [-0.25, -0.2) is 4.52 Å². The highest BCUT2D eigenvalue weighted by Crippen LogP contribution is 2.22. The van der Waals surface area contributed by atoms with E-state index in [1.807, 2.05) is 28.9 Å². The zero-order valence-electron chi connectivity index (χ0n) is 14.3. The van der Waals surface area contributed by atoms with Crippen molar-refractivity contribution in [3.8, 4) is 0 Å². The Morgan fingerprint density at radius 3 is 2.78 bits per heavy atom. The fourth-order valence-electron chi connectivity index (χ4n) is 3.46. The van der Waals surface area contributed by atoms with Crippen molar-refractivity contribution in [1.82, 2.24) is 14.5 Å². The number of nitrogens with two attached hydrogens (primary N) is 1. The number of hydrogen-bond donors (Lipinski definition) is 2. The van der Waals surface area contributed by atoms with Crippen molar-refractivity contribution in [2.45, 2.75) is 13.3 Å². The maximum absolute atomic E-state index is 6.17. The minimum Gasteiger partial charge on any atom is -0.394 e. The van der Waals surface area contributed by atoms with Gasteiger partial charge in [-0.1, -0.05) is 13.0 Å². The van der Waals surface area contributed by atoms with E-state index < -0.39 is 0 Å². The van der Waals surface area contributed by atoms with E-state index in [4.69, 9.17) is 5.73 Å². The Morgan fingerprint density at radius 1 is 1.30 bits per heavy atom. The van der Waals surface area contributed by atoms with Crippen LogP contribution in [0.3, 0.4) is 0 Å². The minimum atomic E-state index is 0.733. The number of quaternary nitrogens is 1. The molecule has 1 aliphatic heterocycles. The number of nitrogens with zero attached hydrogens (tertiary/aromatic N) is 4. The highest BCUT2D eigenvalue weighted by atomic mass is 15.4. The summed E-state index contributed by atoms with van der Waals surface area (Å²) < 4.78 is 3.05. The molecule has 3 N–H and O–H groups in total. The molecule has 6 nitrogen and oxygen atoms in total. The lowest BCUT2D eigenvalue weighted by atomic mass is 10.2. The highest BCUT2D eigenvalue weighted by molar-refractivity contribution is 5.80. The van der Waals surface area contributed by atoms with E-state index in [-0.39, 0.29) is 0 Å². The molecule has 3 rings (SSSR count). The van der Waals surface area contributed by atoms with Crippen LogP contribution in [-0.4, -0.2) is 71.9 Å². The number of nitrogens with one attached hydrogen (secondary N) is 1. The number of hydrogen-bond acceptors (Lipinski definition) is 4. The summed E-state index contributed by atoms with van der Waals surface area (Å²) in [6.45, 7) is 10.4. The van der Waals surface area contributed by atoms with Gasteiger partial charge in [0.2, 0.25) is 0 Å². The molecule has 0 amide bonds. The van der Waals surface area contributed by atoms with Gasteiger partial charge in [-0.15, -0.1) is 5.10 Å². The van der Waals surface area contributed by atoms with Crippen molar-refractivity contribution in [2.24, 2.45) is 0 Å². The predicted molar refractivity (Wildman–Crippen MR) is 95.6 cm³/mol. The largest absolute Gasteiger partial charge is 0.394 e. The van der Waals surface area contributed by atoms with Gasteiger partial charge in [0.05, 0.1) is 32.2 Å². The van der Waals surface area contributed by atoms with E-state index in [2.05, 4.69) is 29.3 Å². The molecule has 0 radical (unpaired) electrons. The Balaban J connectivity index is 1.49. The van der Waals surface area contributed by atoms with E-state index >= 15 is 0 Å². The van der Waals surface area contributed by atoms with Crippen molar-refractivity contribution in [2.75, 3.05) is 63.9 Å². The molecule has 1 fully saturated rings. The summed E-state index contributed by atoms with van der Waals surface area (Å²) >= 11 is 0. The Bertz CT molecular complexity index is 642. The smallest absolute Gasteiger partial charge is 0.172 e. The Labute approximate surface area is 138 Å². The van der Waals surface area contributed by atoms with Crippen LogP contribution >= 0.6 is 0 Å². The fraction of sp³-hybridized carbons (Fsp3) is 0.588. The first kappa shape index (κ1) is 16.1. The minimum absolute atomic E-state index is 0.733. The summed E-state index contributed by atoms with van der Waals surface area (Å²) in [6, 6.07) is 5.93. The topological polar surface area (TPSA) is 58.6 Å². The SMILES string of the molecule is CCC[N+]1(C)CCN(CCNc2nn3ccccc3c2N)CC1. The molecular weight excluding hydrogens is 288 g/mol. The summed E-state index contributed by atoms with van der Waals surface area (Å²) in [6.07, 6.45) is 3.19. The lowest BCUT2D eigenvalue weighted by molar-refractivity contribution is -0.913. The monoisotopic (exact) mass is 317 g/mol. The number of anilines is 2. The van der Waals surface area contributed by atoms with E-state index in [1.165, 1.54) is 43.6 Å². The van der Waals surface area contributed by atoms with Crippen LogP contribution in [0.15, 0.2) is 24.4 Å². The Morgan fingerprint density at radius 2 is 2.09 bits per heavy atom. The molecule has 2 aromatic heterocycles. The first-order chi connectivity index (χ1) is 11.1. The number of rotatable bonds is 6. The Hall–Kier alpha value is -1.79. The van der Waals surface area contributed by atoms with Gasteiger partial charge in [-0.2, -0.15) is 0 Å². The molecule has 1 aliphatic rings. The van der Waals surface area contributed by atoms with Gasteiger partial charge >= 0.3 is 0 Å². The van der Waals surface area contributed by atoms with Gasteiger partial charge in [0, 0.05) is 32.4 Å². The summed E-state index contributed by atoms with van der Waals surface area (Å²) in [5.41, 5.74) is 7.86. The van der Waals surface area contributed by atoms with Crippen molar-refractivity contribution < 1.29 is 4.48 Å². The van der Waals surface area contributed by atoms with Gasteiger partial charge < -0.3 is 15.5 Å². The van der Waals surface area contributed by atoms with Crippen LogP contribution in [0.4, 0.5) is 11.5 Å². The van der Waals surface area contributed by atoms with Crippen molar-refractivity contribution in [1.29, 1.82) is 0 Å². The van der Waals surface area contributed by atoms with Gasteiger partial charge in [-0.3, -0.25) is 4.90 Å². The van der Waals surface area contributed by atoms with Gasteiger partial charge in [0.25, 0.3) is 0 Å². The Kier molecular flexibility index (Phi) is 4.73. The molecule has 126 valence electrons. The van der Waals surface area contributed by atoms with Crippen LogP contribution in [0.5, 0.6) is 0 Å². The molecule has 2 aromatic rings. The summed E-state index contributed by atoms with van der Waals surface area (Å²) in [4.78, 5) is 2.54. The van der Waals surface area contributed by atoms with Crippen molar-refractivity contribution >= 4 is 17.0 Å². The second-order valence-corrected chi connectivity index (χ2v) is 6.85. The third-order valence-electron chi connectivity index (χ3n) is 4.97. The molecule has 0 unspecified atom stereocenters. The number of aromatic nitrogens is 2. The van der Waals surface area contributed by atoms with Gasteiger partial charge in [0.1, 0.15) is 5.69 Å². The predicted octanol–water partition coefficient (Wildman–Crippen LogP) is 1.50. The number of piperazine rings is 1. The van der Waals surface area contributed by atoms with Crippen LogP contribution in [0, 0.1) is 0 Å². The molecule has 1 saturated heterocycles. The first-order valence-electron chi connectivity index (χ1n) is 8.64. The molecule has 0 spiro atoms. The molecule has 0 aromatic carbocycles. The van der Waals surface area contributed by atoms with Crippen LogP contribution in [0.1, 0.15) is 13.3 Å². The van der Waals surface area contributed by atoms with Gasteiger partial charge in [0.15, 0.2) is 5.82 Å². The quantitative estimate of drug-likeness (QED) is 0.793. The molecular formula is C17H29N6+. The average Bonchev–Trinajstić information content (AvgIpc) is 2.87. The fourth-order valence-corrected chi connectivity index (χ4v) is 3.46. The molecule has 0 aliphatic carbocycles. The molecule has 0 bridgehead atoms. The second-order valence-electron chi connectivity index (χ2n) is 6.85. The van der Waals surface area contributed by atoms with Crippen molar-refractivity contribution in [3.63, 3.8) is 0 Å². The number of nitrogen functional groups attached to an aromatic ring is 1. The van der Waals surface area contributed by atoms with Crippen LogP contribution < -0.4 is 11.1 Å². The van der Waals surface area contributed by atoms with Gasteiger partial charge in [-0.05, 0) is 18.6 Å². The molecule has 0 saturated carbocycles. The lowest BCUT2D eigenvalue weighted by Crippen LogP contribution is -2.57. The third-order valence-corrected chi connectivity index (χ3v) is 4.97. The molecule has 3 heterocycles. The molecule has 0 atom stereocenters. The standard InChI is InChI=1S/C17H29N6/c1-3-12-23(2)13-10-21(11-14-23)9-7-19-17-16(18)15-6-4-5-8-22(15)20-17/h4-6,8H,3,7,9-14,18H2,1-2H3,(H,19,20)/q+1. The van der Waals surface area contributed by atoms with Crippen molar-refractivity contribution in [3.05, 3.63) is 24.4 Å². The maximum Gasteiger partial charge on any atom is 0.172 e. The maximum atomic E-state index is 6.17. The zero-order chi connectivity index (χ0) is 16.3. The van der Waals surface area contributed by atoms with Crippen LogP contribution in [0.25, 0.3) is 5.52 Å². The molecule has 6 heteroatoms. The number of likely N-dealkylation sites (N-methyl/N-ethyl adjacent to an activating group) is 1. The summed E-state index contributed by atoms with van der Waals surface area (Å²) in [5.74, 6) is 0.791. The van der Waals surface area contributed by atoms with E-state index in [0.717, 1.165) is 30.1 Å². The first-order valence-corrected chi connectivity index (χ1v) is 8.64. The van der Waals surface area contributed by atoms with Crippen LogP contribution in [0.2, 0.25) is 0 Å². The number of fused-ring (bicyclic) bond motifs is 1. The average molecular weight is 317 g/mol. The number of pyridine rings is 1. The second kappa shape index (κ2) is 6.76. The highest BCUT2D eigenvalue weighted by Gasteiger charge is 2.27. The van der Waals surface area contributed by atoms with E-state index in [0.29, 0.717) is 0 Å².